The van der Waals surface area contributed by atoms with Gasteiger partial charge in [0.1, 0.15) is 6.54 Å². The summed E-state index contributed by atoms with van der Waals surface area (Å²) in [6, 6.07) is 4.58. The lowest BCUT2D eigenvalue weighted by Crippen LogP contribution is -2.48. The Balaban J connectivity index is 1.24. The number of thioether (sulfide) groups is 1. The van der Waals surface area contributed by atoms with Gasteiger partial charge in [-0.2, -0.15) is 13.2 Å². The maximum atomic E-state index is 13.4. The van der Waals surface area contributed by atoms with E-state index >= 15 is 0 Å². The van der Waals surface area contributed by atoms with Crippen molar-refractivity contribution < 1.29 is 27.6 Å². The number of likely N-dealkylation sites (tertiary alicyclic amines) is 1. The first kappa shape index (κ1) is 23.8. The average molecular weight is 538 g/mol. The zero-order valence-corrected chi connectivity index (χ0v) is 20.9. The highest BCUT2D eigenvalue weighted by Crippen LogP contribution is 2.68. The number of halogens is 3. The van der Waals surface area contributed by atoms with E-state index in [4.69, 9.17) is 0 Å². The maximum Gasteiger partial charge on any atom is 0.418 e. The van der Waals surface area contributed by atoms with E-state index in [0.717, 1.165) is 33.4 Å². The van der Waals surface area contributed by atoms with E-state index < -0.39 is 53.5 Å². The standard InChI is InChI=1S/C24H22F3N3O4S2/c1-23(2)16-9-7-10(17(16)35-19-18(23)36-22(34)29-19)15-14(9)20(32)30(21(15)33)8-13(31)28-12-6-4-3-5-11(12)24(25,26)27/h3-6,9-10,14-17H,7-8H2,1-2H3,(H,28,31)(H,29,34). The molecule has 4 aliphatic rings. The molecular weight excluding hydrogens is 515 g/mol. The van der Waals surface area contributed by atoms with Gasteiger partial charge in [-0.1, -0.05) is 37.3 Å². The monoisotopic (exact) mass is 537 g/mol. The third kappa shape index (κ3) is 3.26. The van der Waals surface area contributed by atoms with Gasteiger partial charge >= 0.3 is 11.0 Å². The minimum absolute atomic E-state index is 0.0617. The molecule has 2 aliphatic heterocycles. The molecule has 0 radical (unpaired) electrons. The molecule has 190 valence electrons. The zero-order valence-electron chi connectivity index (χ0n) is 19.2. The van der Waals surface area contributed by atoms with E-state index in [9.17, 15) is 32.3 Å². The normalized spacial score (nSPS) is 31.9. The predicted molar refractivity (Wildman–Crippen MR) is 126 cm³/mol. The fourth-order valence-corrected chi connectivity index (χ4v) is 10.2. The van der Waals surface area contributed by atoms with Crippen LogP contribution < -0.4 is 10.2 Å². The number of imide groups is 1. The number of nitrogens with zero attached hydrogens (tertiary/aromatic N) is 1. The van der Waals surface area contributed by atoms with E-state index in [1.165, 1.54) is 23.5 Å². The van der Waals surface area contributed by atoms with E-state index in [0.29, 0.717) is 0 Å². The van der Waals surface area contributed by atoms with E-state index in [-0.39, 0.29) is 33.3 Å². The molecule has 36 heavy (non-hydrogen) atoms. The molecule has 2 aliphatic carbocycles. The van der Waals surface area contributed by atoms with Gasteiger partial charge in [0.2, 0.25) is 17.7 Å². The number of hydrogen-bond donors (Lipinski definition) is 2. The summed E-state index contributed by atoms with van der Waals surface area (Å²) in [5, 5.41) is 3.12. The number of rotatable bonds is 3. The minimum atomic E-state index is -4.66. The van der Waals surface area contributed by atoms with Crippen LogP contribution in [0.25, 0.3) is 0 Å². The van der Waals surface area contributed by atoms with Crippen molar-refractivity contribution in [3.05, 3.63) is 44.4 Å². The molecule has 1 aromatic carbocycles. The second-order valence-corrected chi connectivity index (χ2v) is 12.6. The number of alkyl halides is 3. The third-order valence-electron chi connectivity index (χ3n) is 8.29. The summed E-state index contributed by atoms with van der Waals surface area (Å²) in [5.74, 6) is -2.84. The number of benzene rings is 1. The number of aromatic amines is 1. The summed E-state index contributed by atoms with van der Waals surface area (Å²) in [5.41, 5.74) is -1.77. The molecular formula is C24H22F3N3O4S2. The topological polar surface area (TPSA) is 99.3 Å². The first-order chi connectivity index (χ1) is 16.9. The fourth-order valence-electron chi connectivity index (χ4n) is 7.04. The van der Waals surface area contributed by atoms with Crippen molar-refractivity contribution in [2.45, 2.75) is 42.1 Å². The van der Waals surface area contributed by atoms with E-state index in [2.05, 4.69) is 24.1 Å². The summed E-state index contributed by atoms with van der Waals surface area (Å²) >= 11 is 2.76. The number of carbonyl (C=O) groups excluding carboxylic acids is 3. The number of hydrogen-bond acceptors (Lipinski definition) is 6. The molecule has 2 aromatic rings. The van der Waals surface area contributed by atoms with Gasteiger partial charge in [0, 0.05) is 15.5 Å². The Morgan fingerprint density at radius 1 is 1.14 bits per heavy atom. The van der Waals surface area contributed by atoms with Crippen LogP contribution in [-0.2, 0) is 26.0 Å². The number of H-pyrrole nitrogens is 1. The second kappa shape index (κ2) is 7.70. The number of amides is 3. The summed E-state index contributed by atoms with van der Waals surface area (Å²) in [7, 11) is 0. The van der Waals surface area contributed by atoms with Crippen LogP contribution in [0.5, 0.6) is 0 Å². The Hall–Kier alpha value is -2.60. The van der Waals surface area contributed by atoms with Crippen molar-refractivity contribution in [2.75, 3.05) is 11.9 Å². The first-order valence-corrected chi connectivity index (χ1v) is 13.3. The summed E-state index contributed by atoms with van der Waals surface area (Å²) < 4.78 is 39.9. The summed E-state index contributed by atoms with van der Waals surface area (Å²) in [6.07, 6.45) is -3.93. The van der Waals surface area contributed by atoms with Crippen molar-refractivity contribution in [1.29, 1.82) is 0 Å². The number of thiazole rings is 1. The Bertz CT molecular complexity index is 1370. The predicted octanol–water partition coefficient (Wildman–Crippen LogP) is 3.71. The fraction of sp³-hybridized carbons (Fsp3) is 0.500. The highest BCUT2D eigenvalue weighted by atomic mass is 32.2. The average Bonchev–Trinajstić information content (AvgIpc) is 3.51. The molecule has 6 atom stereocenters. The Kier molecular flexibility index (Phi) is 5.09. The quantitative estimate of drug-likeness (QED) is 0.582. The Morgan fingerprint density at radius 2 is 1.81 bits per heavy atom. The van der Waals surface area contributed by atoms with Crippen LogP contribution in [-0.4, -0.2) is 39.4 Å². The summed E-state index contributed by atoms with van der Waals surface area (Å²) in [6.45, 7) is 3.53. The van der Waals surface area contributed by atoms with E-state index in [1.54, 1.807) is 11.8 Å². The van der Waals surface area contributed by atoms with Crippen molar-refractivity contribution in [3.63, 3.8) is 0 Å². The molecule has 6 rings (SSSR count). The van der Waals surface area contributed by atoms with Gasteiger partial charge in [0.25, 0.3) is 0 Å². The van der Waals surface area contributed by atoms with Gasteiger partial charge in [-0.25, -0.2) is 0 Å². The van der Waals surface area contributed by atoms with Crippen LogP contribution in [0.1, 0.15) is 30.7 Å². The maximum absolute atomic E-state index is 13.4. The van der Waals surface area contributed by atoms with Crippen molar-refractivity contribution in [1.82, 2.24) is 9.88 Å². The lowest BCUT2D eigenvalue weighted by molar-refractivity contribution is -0.143. The SMILES string of the molecule is CC1(C)c2sc(=O)[nH]c2SC2C3CC(C4C(=O)N(CC(=O)Nc5ccccc5C(F)(F)F)C(=O)C34)C21. The van der Waals surface area contributed by atoms with Gasteiger partial charge < -0.3 is 10.3 Å². The second-order valence-electron chi connectivity index (χ2n) is 10.5. The Morgan fingerprint density at radius 3 is 2.50 bits per heavy atom. The van der Waals surface area contributed by atoms with Gasteiger partial charge in [0.05, 0.1) is 28.1 Å². The number of aromatic nitrogens is 1. The summed E-state index contributed by atoms with van der Waals surface area (Å²) in [4.78, 5) is 56.2. The van der Waals surface area contributed by atoms with Crippen LogP contribution >= 0.6 is 23.1 Å². The highest BCUT2D eigenvalue weighted by Gasteiger charge is 2.70. The highest BCUT2D eigenvalue weighted by molar-refractivity contribution is 8.00. The van der Waals surface area contributed by atoms with Crippen LogP contribution in [0.15, 0.2) is 34.1 Å². The smallest absolute Gasteiger partial charge is 0.324 e. The molecule has 7 nitrogen and oxygen atoms in total. The molecule has 12 heteroatoms. The van der Waals surface area contributed by atoms with Crippen LogP contribution in [0, 0.1) is 29.6 Å². The lowest BCUT2D eigenvalue weighted by atomic mass is 9.64. The van der Waals surface area contributed by atoms with Crippen molar-refractivity contribution >= 4 is 46.5 Å². The van der Waals surface area contributed by atoms with Gasteiger partial charge in [-0.05, 0) is 36.3 Å². The molecule has 2 bridgehead atoms. The zero-order chi connectivity index (χ0) is 25.7. The molecule has 2 saturated carbocycles. The third-order valence-corrected chi connectivity index (χ3v) is 11.1. The largest absolute Gasteiger partial charge is 0.418 e. The van der Waals surface area contributed by atoms with Gasteiger partial charge in [0.15, 0.2) is 0 Å². The molecule has 0 spiro atoms. The van der Waals surface area contributed by atoms with E-state index in [1.807, 2.05) is 0 Å². The number of carbonyl (C=O) groups is 3. The van der Waals surface area contributed by atoms with Crippen LogP contribution in [0.4, 0.5) is 18.9 Å². The number of para-hydroxylation sites is 1. The Labute approximate surface area is 211 Å². The minimum Gasteiger partial charge on any atom is -0.324 e. The van der Waals surface area contributed by atoms with Crippen molar-refractivity contribution in [2.24, 2.45) is 29.6 Å². The lowest BCUT2D eigenvalue weighted by Gasteiger charge is -2.47. The molecule has 1 saturated heterocycles. The first-order valence-electron chi connectivity index (χ1n) is 11.6. The molecule has 2 N–H and O–H groups in total. The molecule has 3 heterocycles. The van der Waals surface area contributed by atoms with Crippen LogP contribution in [0.3, 0.4) is 0 Å². The number of anilines is 1. The molecule has 1 aromatic heterocycles. The molecule has 3 amide bonds. The number of fused-ring (bicyclic) bond motifs is 9. The van der Waals surface area contributed by atoms with Gasteiger partial charge in [-0.15, -0.1) is 11.8 Å². The van der Waals surface area contributed by atoms with Gasteiger partial charge in [-0.3, -0.25) is 24.1 Å². The number of nitrogens with one attached hydrogen (secondary N) is 2. The molecule has 3 fully saturated rings. The van der Waals surface area contributed by atoms with Crippen LogP contribution in [0.2, 0.25) is 0 Å². The van der Waals surface area contributed by atoms with Crippen molar-refractivity contribution in [3.8, 4) is 0 Å². The molecule has 6 unspecified atom stereocenters.